The van der Waals surface area contributed by atoms with Gasteiger partial charge in [0.05, 0.1) is 32.1 Å². The lowest BCUT2D eigenvalue weighted by molar-refractivity contribution is 0.269. The number of anilines is 1. The molecule has 0 atom stereocenters. The lowest BCUT2D eigenvalue weighted by atomic mass is 10.0. The molecule has 3 rings (SSSR count). The first-order valence-corrected chi connectivity index (χ1v) is 7.23. The molecule has 0 aliphatic carbocycles. The number of rotatable bonds is 6. The van der Waals surface area contributed by atoms with Crippen LogP contribution < -0.4 is 10.1 Å². The summed E-state index contributed by atoms with van der Waals surface area (Å²) in [6.45, 7) is 1.23. The SMILES string of the molecule is COc1ccc2ccccc2c1CNc1cnn(CCO)c1. The van der Waals surface area contributed by atoms with Gasteiger partial charge in [0.25, 0.3) is 0 Å². The average molecular weight is 297 g/mol. The Morgan fingerprint density at radius 1 is 1.23 bits per heavy atom. The van der Waals surface area contributed by atoms with Gasteiger partial charge in [0.15, 0.2) is 0 Å². The Bertz CT molecular complexity index is 767. The molecule has 1 heterocycles. The van der Waals surface area contributed by atoms with Crippen molar-refractivity contribution in [2.75, 3.05) is 19.0 Å². The number of nitrogens with zero attached hydrogens (tertiary/aromatic N) is 2. The van der Waals surface area contributed by atoms with Gasteiger partial charge in [0.2, 0.25) is 0 Å². The largest absolute Gasteiger partial charge is 0.496 e. The van der Waals surface area contributed by atoms with E-state index in [-0.39, 0.29) is 6.61 Å². The molecule has 2 aromatic carbocycles. The highest BCUT2D eigenvalue weighted by atomic mass is 16.5. The summed E-state index contributed by atoms with van der Waals surface area (Å²) in [4.78, 5) is 0. The summed E-state index contributed by atoms with van der Waals surface area (Å²) >= 11 is 0. The van der Waals surface area contributed by atoms with Crippen molar-refractivity contribution in [3.05, 3.63) is 54.4 Å². The second-order valence-corrected chi connectivity index (χ2v) is 5.04. The minimum Gasteiger partial charge on any atom is -0.496 e. The molecule has 0 amide bonds. The van der Waals surface area contributed by atoms with Gasteiger partial charge >= 0.3 is 0 Å². The summed E-state index contributed by atoms with van der Waals surface area (Å²) in [5.74, 6) is 0.869. The van der Waals surface area contributed by atoms with Crippen LogP contribution in [-0.2, 0) is 13.1 Å². The molecular weight excluding hydrogens is 278 g/mol. The van der Waals surface area contributed by atoms with Crippen LogP contribution in [0.25, 0.3) is 10.8 Å². The third kappa shape index (κ3) is 2.89. The molecule has 3 aromatic rings. The van der Waals surface area contributed by atoms with E-state index >= 15 is 0 Å². The summed E-state index contributed by atoms with van der Waals surface area (Å²) in [7, 11) is 1.69. The topological polar surface area (TPSA) is 59.3 Å². The lowest BCUT2D eigenvalue weighted by Crippen LogP contribution is -2.03. The first kappa shape index (κ1) is 14.4. The zero-order valence-electron chi connectivity index (χ0n) is 12.5. The van der Waals surface area contributed by atoms with E-state index < -0.39 is 0 Å². The van der Waals surface area contributed by atoms with Gasteiger partial charge in [-0.15, -0.1) is 0 Å². The fraction of sp³-hybridized carbons (Fsp3) is 0.235. The van der Waals surface area contributed by atoms with E-state index in [2.05, 4.69) is 28.6 Å². The molecule has 1 aromatic heterocycles. The molecule has 0 radical (unpaired) electrons. The van der Waals surface area contributed by atoms with E-state index in [1.165, 1.54) is 10.8 Å². The number of benzene rings is 2. The highest BCUT2D eigenvalue weighted by Crippen LogP contribution is 2.28. The molecule has 0 saturated heterocycles. The Morgan fingerprint density at radius 3 is 2.91 bits per heavy atom. The van der Waals surface area contributed by atoms with E-state index in [1.807, 2.05) is 24.4 Å². The van der Waals surface area contributed by atoms with E-state index in [4.69, 9.17) is 9.84 Å². The minimum absolute atomic E-state index is 0.0816. The lowest BCUT2D eigenvalue weighted by Gasteiger charge is -2.13. The number of aliphatic hydroxyl groups excluding tert-OH is 1. The van der Waals surface area contributed by atoms with Crippen LogP contribution in [0, 0.1) is 0 Å². The number of ether oxygens (including phenoxy) is 1. The van der Waals surface area contributed by atoms with Gasteiger partial charge in [-0.25, -0.2) is 0 Å². The molecule has 114 valence electrons. The Hall–Kier alpha value is -2.53. The Morgan fingerprint density at radius 2 is 2.09 bits per heavy atom. The van der Waals surface area contributed by atoms with Crippen molar-refractivity contribution in [1.29, 1.82) is 0 Å². The standard InChI is InChI=1S/C17H19N3O2/c1-22-17-7-6-13-4-2-3-5-15(13)16(17)11-18-14-10-19-20(12-14)8-9-21/h2-7,10,12,18,21H,8-9,11H2,1H3. The first-order valence-electron chi connectivity index (χ1n) is 7.23. The second kappa shape index (κ2) is 6.49. The molecule has 0 saturated carbocycles. The zero-order valence-corrected chi connectivity index (χ0v) is 12.5. The molecule has 2 N–H and O–H groups in total. The molecule has 5 heteroatoms. The second-order valence-electron chi connectivity index (χ2n) is 5.04. The predicted octanol–water partition coefficient (Wildman–Crippen LogP) is 2.65. The van der Waals surface area contributed by atoms with E-state index in [1.54, 1.807) is 18.0 Å². The maximum atomic E-state index is 8.93. The van der Waals surface area contributed by atoms with Crippen molar-refractivity contribution in [3.63, 3.8) is 0 Å². The fourth-order valence-corrected chi connectivity index (χ4v) is 2.56. The number of hydrogen-bond acceptors (Lipinski definition) is 4. The van der Waals surface area contributed by atoms with Crippen LogP contribution >= 0.6 is 0 Å². The van der Waals surface area contributed by atoms with Gasteiger partial charge in [-0.3, -0.25) is 4.68 Å². The zero-order chi connectivity index (χ0) is 15.4. The summed E-state index contributed by atoms with van der Waals surface area (Å²) in [6, 6.07) is 12.3. The van der Waals surface area contributed by atoms with E-state index in [0.29, 0.717) is 13.1 Å². The maximum Gasteiger partial charge on any atom is 0.124 e. The van der Waals surface area contributed by atoms with Crippen LogP contribution in [0.15, 0.2) is 48.8 Å². The summed E-state index contributed by atoms with van der Waals surface area (Å²) in [5.41, 5.74) is 2.04. The van der Waals surface area contributed by atoms with Crippen LogP contribution in [0.1, 0.15) is 5.56 Å². The molecule has 0 aliphatic heterocycles. The molecule has 0 bridgehead atoms. The number of fused-ring (bicyclic) bond motifs is 1. The average Bonchev–Trinajstić information content (AvgIpc) is 3.00. The number of aromatic nitrogens is 2. The normalized spacial score (nSPS) is 10.8. The van der Waals surface area contributed by atoms with E-state index in [9.17, 15) is 0 Å². The van der Waals surface area contributed by atoms with Gasteiger partial charge in [0, 0.05) is 18.3 Å². The van der Waals surface area contributed by atoms with Crippen molar-refractivity contribution < 1.29 is 9.84 Å². The number of aliphatic hydroxyl groups is 1. The van der Waals surface area contributed by atoms with Crippen molar-refractivity contribution >= 4 is 16.5 Å². The molecule has 22 heavy (non-hydrogen) atoms. The van der Waals surface area contributed by atoms with Crippen molar-refractivity contribution in [1.82, 2.24) is 9.78 Å². The van der Waals surface area contributed by atoms with Crippen molar-refractivity contribution in [2.24, 2.45) is 0 Å². The minimum atomic E-state index is 0.0816. The van der Waals surface area contributed by atoms with Crippen LogP contribution in [-0.4, -0.2) is 28.6 Å². The quantitative estimate of drug-likeness (QED) is 0.734. The van der Waals surface area contributed by atoms with Gasteiger partial charge in [0.1, 0.15) is 5.75 Å². The Labute approximate surface area is 129 Å². The molecule has 0 fully saturated rings. The highest BCUT2D eigenvalue weighted by molar-refractivity contribution is 5.88. The van der Waals surface area contributed by atoms with Crippen LogP contribution in [0.2, 0.25) is 0 Å². The van der Waals surface area contributed by atoms with Crippen LogP contribution in [0.5, 0.6) is 5.75 Å². The summed E-state index contributed by atoms with van der Waals surface area (Å²) in [5, 5.41) is 18.8. The predicted molar refractivity (Wildman–Crippen MR) is 87.1 cm³/mol. The molecule has 0 unspecified atom stereocenters. The third-order valence-corrected chi connectivity index (χ3v) is 3.65. The smallest absolute Gasteiger partial charge is 0.124 e. The Kier molecular flexibility index (Phi) is 4.25. The summed E-state index contributed by atoms with van der Waals surface area (Å²) < 4.78 is 7.20. The first-order chi connectivity index (χ1) is 10.8. The maximum absolute atomic E-state index is 8.93. The number of methoxy groups -OCH3 is 1. The number of nitrogens with one attached hydrogen (secondary N) is 1. The van der Waals surface area contributed by atoms with Gasteiger partial charge in [-0.05, 0) is 16.8 Å². The van der Waals surface area contributed by atoms with Gasteiger partial charge in [-0.1, -0.05) is 30.3 Å². The van der Waals surface area contributed by atoms with Gasteiger partial charge < -0.3 is 15.2 Å². The molecule has 5 nitrogen and oxygen atoms in total. The van der Waals surface area contributed by atoms with Crippen molar-refractivity contribution in [2.45, 2.75) is 13.1 Å². The van der Waals surface area contributed by atoms with Crippen LogP contribution in [0.4, 0.5) is 5.69 Å². The van der Waals surface area contributed by atoms with E-state index in [0.717, 1.165) is 17.0 Å². The Balaban J connectivity index is 1.85. The van der Waals surface area contributed by atoms with Gasteiger partial charge in [-0.2, -0.15) is 5.10 Å². The molecular formula is C17H19N3O2. The number of hydrogen-bond donors (Lipinski definition) is 2. The molecule has 0 aliphatic rings. The molecule has 0 spiro atoms. The fourth-order valence-electron chi connectivity index (χ4n) is 2.56. The monoisotopic (exact) mass is 297 g/mol. The third-order valence-electron chi connectivity index (χ3n) is 3.65. The highest BCUT2D eigenvalue weighted by Gasteiger charge is 2.08. The van der Waals surface area contributed by atoms with Crippen LogP contribution in [0.3, 0.4) is 0 Å². The van der Waals surface area contributed by atoms with Crippen molar-refractivity contribution in [3.8, 4) is 5.75 Å². The summed E-state index contributed by atoms with van der Waals surface area (Å²) in [6.07, 6.45) is 3.64.